The molecule has 0 bridgehead atoms. The van der Waals surface area contributed by atoms with Crippen LogP contribution in [0.5, 0.6) is 0 Å². The van der Waals surface area contributed by atoms with Gasteiger partial charge in [-0.2, -0.15) is 0 Å². The van der Waals surface area contributed by atoms with E-state index in [2.05, 4.69) is 36.3 Å². The van der Waals surface area contributed by atoms with E-state index in [4.69, 9.17) is 0 Å². The third-order valence-electron chi connectivity index (χ3n) is 5.77. The number of carbonyl (C=O) groups is 3. The third-order valence-corrected chi connectivity index (χ3v) is 6.53. The van der Waals surface area contributed by atoms with E-state index in [1.54, 1.807) is 0 Å². The van der Waals surface area contributed by atoms with Crippen LogP contribution in [-0.2, 0) is 14.4 Å². The first-order chi connectivity index (χ1) is 13.8. The van der Waals surface area contributed by atoms with Gasteiger partial charge in [-0.15, -0.1) is 11.3 Å². The van der Waals surface area contributed by atoms with Crippen LogP contribution in [0.25, 0.3) is 11.3 Å². The molecule has 0 spiro atoms. The van der Waals surface area contributed by atoms with Crippen LogP contribution in [0.4, 0.5) is 5.13 Å². The molecule has 2 aliphatic rings. The number of rotatable bonds is 4. The van der Waals surface area contributed by atoms with Crippen LogP contribution in [0.2, 0.25) is 0 Å². The number of nitrogens with one attached hydrogen (secondary N) is 1. The van der Waals surface area contributed by atoms with E-state index in [0.29, 0.717) is 18.0 Å². The smallest absolute Gasteiger partial charge is 0.246 e. The van der Waals surface area contributed by atoms with E-state index in [1.165, 1.54) is 22.5 Å². The van der Waals surface area contributed by atoms with Crippen molar-refractivity contribution in [2.45, 2.75) is 33.6 Å². The lowest BCUT2D eigenvalue weighted by atomic mass is 9.85. The second-order valence-electron chi connectivity index (χ2n) is 7.76. The molecule has 2 aromatic rings. The molecule has 150 valence electrons. The number of hydrogen-bond acceptors (Lipinski definition) is 5. The van der Waals surface area contributed by atoms with Crippen molar-refractivity contribution in [2.75, 3.05) is 11.9 Å². The SMILES string of the molecule is Cc1cc(C)c(-c2csc(NC(=O)CN3C(=O)[C@@H]4CC=CC[C@H]4C3=O)n2)cc1C. The summed E-state index contributed by atoms with van der Waals surface area (Å²) in [4.78, 5) is 43.1. The highest BCUT2D eigenvalue weighted by atomic mass is 32.1. The molecule has 6 nitrogen and oxygen atoms in total. The molecule has 1 aromatic heterocycles. The molecule has 0 radical (unpaired) electrons. The molecule has 0 saturated carbocycles. The molecular formula is C22H23N3O3S. The average Bonchev–Trinajstić information content (AvgIpc) is 3.24. The fourth-order valence-corrected chi connectivity index (χ4v) is 4.75. The highest BCUT2D eigenvalue weighted by Crippen LogP contribution is 2.35. The summed E-state index contributed by atoms with van der Waals surface area (Å²) < 4.78 is 0. The largest absolute Gasteiger partial charge is 0.300 e. The normalized spacial score (nSPS) is 20.9. The Kier molecular flexibility index (Phi) is 5.08. The Labute approximate surface area is 173 Å². The van der Waals surface area contributed by atoms with Crippen molar-refractivity contribution in [2.24, 2.45) is 11.8 Å². The molecule has 1 aromatic carbocycles. The number of aromatic nitrogens is 1. The molecule has 2 atom stereocenters. The molecule has 2 heterocycles. The Morgan fingerprint density at radius 2 is 1.69 bits per heavy atom. The first kappa shape index (κ1) is 19.5. The summed E-state index contributed by atoms with van der Waals surface area (Å²) >= 11 is 1.33. The molecule has 3 amide bonds. The molecule has 1 saturated heterocycles. The van der Waals surface area contributed by atoms with Gasteiger partial charge in [-0.3, -0.25) is 19.3 Å². The molecule has 4 rings (SSSR count). The van der Waals surface area contributed by atoms with E-state index < -0.39 is 5.91 Å². The number of anilines is 1. The van der Waals surface area contributed by atoms with Crippen molar-refractivity contribution in [1.82, 2.24) is 9.88 Å². The number of likely N-dealkylation sites (tertiary alicyclic amines) is 1. The molecule has 1 aliphatic carbocycles. The second kappa shape index (κ2) is 7.55. The Morgan fingerprint density at radius 3 is 2.34 bits per heavy atom. The highest BCUT2D eigenvalue weighted by molar-refractivity contribution is 7.14. The summed E-state index contributed by atoms with van der Waals surface area (Å²) in [5, 5.41) is 5.09. The van der Waals surface area contributed by atoms with Gasteiger partial charge >= 0.3 is 0 Å². The molecule has 1 fully saturated rings. The van der Waals surface area contributed by atoms with Crippen LogP contribution in [0.15, 0.2) is 29.7 Å². The molecular weight excluding hydrogens is 386 g/mol. The second-order valence-corrected chi connectivity index (χ2v) is 8.61. The van der Waals surface area contributed by atoms with Crippen LogP contribution < -0.4 is 5.32 Å². The Balaban J connectivity index is 1.44. The zero-order valence-electron chi connectivity index (χ0n) is 16.7. The zero-order chi connectivity index (χ0) is 20.7. The van der Waals surface area contributed by atoms with Gasteiger partial charge in [0.1, 0.15) is 6.54 Å². The Hall–Kier alpha value is -2.80. The highest BCUT2D eigenvalue weighted by Gasteiger charge is 2.47. The number of hydrogen-bond donors (Lipinski definition) is 1. The van der Waals surface area contributed by atoms with Crippen molar-refractivity contribution in [3.63, 3.8) is 0 Å². The van der Waals surface area contributed by atoms with Crippen LogP contribution in [0.3, 0.4) is 0 Å². The molecule has 0 unspecified atom stereocenters. The predicted octanol–water partition coefficient (Wildman–Crippen LogP) is 3.63. The van der Waals surface area contributed by atoms with Gasteiger partial charge in [-0.1, -0.05) is 18.2 Å². The Morgan fingerprint density at radius 1 is 1.07 bits per heavy atom. The quantitative estimate of drug-likeness (QED) is 0.618. The minimum atomic E-state index is -0.406. The standard InChI is InChI=1S/C22H23N3O3S/c1-12-8-14(3)17(9-13(12)2)18-11-29-22(23-18)24-19(26)10-25-20(27)15-6-4-5-7-16(15)21(25)28/h4-5,8-9,11,15-16H,6-7,10H2,1-3H3,(H,23,24,26)/t15-,16-/m1/s1. The van der Waals surface area contributed by atoms with Crippen molar-refractivity contribution in [3.05, 3.63) is 46.4 Å². The first-order valence-corrected chi connectivity index (χ1v) is 10.6. The van der Waals surface area contributed by atoms with Crippen molar-refractivity contribution in [1.29, 1.82) is 0 Å². The van der Waals surface area contributed by atoms with E-state index in [1.807, 2.05) is 24.5 Å². The Bertz CT molecular complexity index is 1010. The van der Waals surface area contributed by atoms with Gasteiger partial charge in [0.15, 0.2) is 5.13 Å². The van der Waals surface area contributed by atoms with E-state index in [0.717, 1.165) is 21.7 Å². The summed E-state index contributed by atoms with van der Waals surface area (Å²) in [7, 11) is 0. The minimum absolute atomic E-state index is 0.245. The summed E-state index contributed by atoms with van der Waals surface area (Å²) in [6.45, 7) is 5.91. The predicted molar refractivity (Wildman–Crippen MR) is 112 cm³/mol. The summed E-state index contributed by atoms with van der Waals surface area (Å²) in [5.41, 5.74) is 5.38. The lowest BCUT2D eigenvalue weighted by Crippen LogP contribution is -2.38. The number of imide groups is 1. The van der Waals surface area contributed by atoms with Crippen LogP contribution in [0, 0.1) is 32.6 Å². The third kappa shape index (κ3) is 3.62. The lowest BCUT2D eigenvalue weighted by molar-refractivity contribution is -0.142. The number of nitrogens with zero attached hydrogens (tertiary/aromatic N) is 2. The number of thiazole rings is 1. The number of fused-ring (bicyclic) bond motifs is 1. The van der Waals surface area contributed by atoms with Crippen molar-refractivity contribution >= 4 is 34.2 Å². The lowest BCUT2D eigenvalue weighted by Gasteiger charge is -2.14. The number of aryl methyl sites for hydroxylation is 3. The zero-order valence-corrected chi connectivity index (χ0v) is 17.5. The van der Waals surface area contributed by atoms with E-state index in [-0.39, 0.29) is 30.2 Å². The number of amides is 3. The maximum absolute atomic E-state index is 12.5. The number of carbonyl (C=O) groups excluding carboxylic acids is 3. The molecule has 1 aliphatic heterocycles. The van der Waals surface area contributed by atoms with Crippen molar-refractivity contribution in [3.8, 4) is 11.3 Å². The summed E-state index contributed by atoms with van der Waals surface area (Å²) in [6.07, 6.45) is 5.00. The van der Waals surface area contributed by atoms with E-state index in [9.17, 15) is 14.4 Å². The van der Waals surface area contributed by atoms with Gasteiger partial charge in [0.2, 0.25) is 17.7 Å². The molecule has 29 heavy (non-hydrogen) atoms. The summed E-state index contributed by atoms with van der Waals surface area (Å²) in [6, 6.07) is 4.23. The molecule has 1 N–H and O–H groups in total. The monoisotopic (exact) mass is 409 g/mol. The maximum Gasteiger partial charge on any atom is 0.246 e. The number of benzene rings is 1. The molecule has 7 heteroatoms. The topological polar surface area (TPSA) is 79.4 Å². The van der Waals surface area contributed by atoms with Gasteiger partial charge in [0.25, 0.3) is 0 Å². The minimum Gasteiger partial charge on any atom is -0.300 e. The van der Waals surface area contributed by atoms with Crippen molar-refractivity contribution < 1.29 is 14.4 Å². The van der Waals surface area contributed by atoms with Gasteiger partial charge in [0, 0.05) is 10.9 Å². The fourth-order valence-electron chi connectivity index (χ4n) is 4.02. The van der Waals surface area contributed by atoms with Crippen LogP contribution >= 0.6 is 11.3 Å². The van der Waals surface area contributed by atoms with Crippen LogP contribution in [0.1, 0.15) is 29.5 Å². The fraction of sp³-hybridized carbons (Fsp3) is 0.364. The number of allylic oxidation sites excluding steroid dienone is 2. The van der Waals surface area contributed by atoms with Gasteiger partial charge in [0.05, 0.1) is 17.5 Å². The van der Waals surface area contributed by atoms with E-state index >= 15 is 0 Å². The van der Waals surface area contributed by atoms with Gasteiger partial charge in [-0.05, 0) is 56.4 Å². The van der Waals surface area contributed by atoms with Gasteiger partial charge < -0.3 is 5.32 Å². The average molecular weight is 410 g/mol. The summed E-state index contributed by atoms with van der Waals surface area (Å²) in [5.74, 6) is -1.54. The van der Waals surface area contributed by atoms with Crippen LogP contribution in [-0.4, -0.2) is 34.2 Å². The van der Waals surface area contributed by atoms with Gasteiger partial charge in [-0.25, -0.2) is 4.98 Å². The maximum atomic E-state index is 12.5. The first-order valence-electron chi connectivity index (χ1n) is 9.69.